The third-order valence-electron chi connectivity index (χ3n) is 8.62. The number of carbonyl (C=O) groups is 2. The number of nitrogens with zero attached hydrogens (tertiary/aromatic N) is 3. The van der Waals surface area contributed by atoms with Crippen LogP contribution in [0.3, 0.4) is 0 Å². The number of urea groups is 1. The second kappa shape index (κ2) is 13.1. The van der Waals surface area contributed by atoms with Crippen LogP contribution in [0.15, 0.2) is 82.3 Å². The van der Waals surface area contributed by atoms with Gasteiger partial charge in [-0.3, -0.25) is 4.79 Å². The topological polar surface area (TPSA) is 91.7 Å². The van der Waals surface area contributed by atoms with E-state index in [1.165, 1.54) is 11.8 Å². The fourth-order valence-electron chi connectivity index (χ4n) is 6.36. The molecule has 0 aliphatic carbocycles. The van der Waals surface area contributed by atoms with Crippen LogP contribution in [-0.4, -0.2) is 79.8 Å². The van der Waals surface area contributed by atoms with Gasteiger partial charge < -0.3 is 25.2 Å². The van der Waals surface area contributed by atoms with Crippen molar-refractivity contribution in [1.82, 2.24) is 20.1 Å². The van der Waals surface area contributed by atoms with E-state index in [4.69, 9.17) is 11.6 Å². The van der Waals surface area contributed by atoms with Gasteiger partial charge in [-0.2, -0.15) is 4.58 Å². The summed E-state index contributed by atoms with van der Waals surface area (Å²) in [5.41, 5.74) is 3.90. The van der Waals surface area contributed by atoms with Crippen molar-refractivity contribution in [3.63, 3.8) is 0 Å². The van der Waals surface area contributed by atoms with Gasteiger partial charge in [-0.05, 0) is 55.8 Å². The SMILES string of the molecule is CCNC(=O)N1CC[N+](=C(O)[C@@]2(Sc3ccc(C)cc3)CC(=O)N(Cc3ccc(Br)cc3)[C@H]2c2c[nH]c3cc(Cl)ccc23)CC1. The molecule has 11 heteroatoms. The number of thioether (sulfide) groups is 1. The lowest BCUT2D eigenvalue weighted by molar-refractivity contribution is -0.547. The van der Waals surface area contributed by atoms with E-state index in [-0.39, 0.29) is 24.3 Å². The Morgan fingerprint density at radius 2 is 1.84 bits per heavy atom. The van der Waals surface area contributed by atoms with Crippen LogP contribution in [-0.2, 0) is 11.3 Å². The molecule has 3 amide bonds. The highest BCUT2D eigenvalue weighted by atomic mass is 79.9. The van der Waals surface area contributed by atoms with E-state index < -0.39 is 10.8 Å². The first-order valence-corrected chi connectivity index (χ1v) is 17.1. The lowest BCUT2D eigenvalue weighted by atomic mass is 9.91. The van der Waals surface area contributed by atoms with Gasteiger partial charge in [-0.15, -0.1) is 11.8 Å². The Morgan fingerprint density at radius 3 is 2.53 bits per heavy atom. The molecule has 3 N–H and O–H groups in total. The Balaban J connectivity index is 1.50. The van der Waals surface area contributed by atoms with Gasteiger partial charge in [-0.1, -0.05) is 63.4 Å². The minimum absolute atomic E-state index is 0.0432. The van der Waals surface area contributed by atoms with E-state index >= 15 is 0 Å². The smallest absolute Gasteiger partial charge is 0.354 e. The highest BCUT2D eigenvalue weighted by molar-refractivity contribution is 9.10. The molecule has 2 aliphatic heterocycles. The molecule has 8 nitrogen and oxygen atoms in total. The summed E-state index contributed by atoms with van der Waals surface area (Å²) in [6.45, 7) is 6.72. The summed E-state index contributed by atoms with van der Waals surface area (Å²) in [7, 11) is 0. The number of hydrogen-bond donors (Lipinski definition) is 3. The zero-order valence-corrected chi connectivity index (χ0v) is 28.4. The zero-order chi connectivity index (χ0) is 31.7. The summed E-state index contributed by atoms with van der Waals surface area (Å²) in [6.07, 6.45) is 2.05. The average Bonchev–Trinajstić information content (AvgIpc) is 3.56. The number of likely N-dealkylation sites (tertiary alicyclic amines) is 1. The molecule has 0 unspecified atom stereocenters. The first kappa shape index (κ1) is 31.5. The van der Waals surface area contributed by atoms with Gasteiger partial charge in [0.1, 0.15) is 0 Å². The lowest BCUT2D eigenvalue weighted by Gasteiger charge is -2.35. The predicted molar refractivity (Wildman–Crippen MR) is 183 cm³/mol. The molecule has 2 saturated heterocycles. The number of nitrogens with one attached hydrogen (secondary N) is 2. The summed E-state index contributed by atoms with van der Waals surface area (Å²) >= 11 is 11.4. The Labute approximate surface area is 280 Å². The van der Waals surface area contributed by atoms with E-state index in [9.17, 15) is 14.7 Å². The standard InChI is InChI=1S/C34H35BrClN5O3S/c1-3-37-33(44)40-16-14-39(15-17-40)32(43)34(45-26-11-4-22(2)5-12-26)19-30(42)41(21-23-6-8-24(35)9-7-23)31(34)28-20-38-29-18-25(36)10-13-27(28)29/h4-13,18,20,31,38H,3,14-17,19,21H2,1-2H3,(H,37,44)/p+1/t31-,34+/m0/s1. The van der Waals surface area contributed by atoms with Crippen LogP contribution < -0.4 is 5.32 Å². The van der Waals surface area contributed by atoms with Crippen LogP contribution in [0.1, 0.15) is 36.1 Å². The molecule has 0 saturated carbocycles. The molecular formula is C34H36BrClN5O3S+. The average molecular weight is 710 g/mol. The summed E-state index contributed by atoms with van der Waals surface area (Å²) in [6, 6.07) is 21.3. The highest BCUT2D eigenvalue weighted by Gasteiger charge is 2.61. The Morgan fingerprint density at radius 1 is 1.13 bits per heavy atom. The molecule has 6 rings (SSSR count). The largest absolute Gasteiger partial charge is 0.462 e. The number of hydrogen-bond acceptors (Lipinski definition) is 3. The molecule has 45 heavy (non-hydrogen) atoms. The number of carbonyl (C=O) groups excluding carboxylic acids is 2. The molecule has 0 radical (unpaired) electrons. The van der Waals surface area contributed by atoms with Crippen molar-refractivity contribution >= 4 is 68.0 Å². The minimum atomic E-state index is -1.05. The van der Waals surface area contributed by atoms with Crippen molar-refractivity contribution in [2.24, 2.45) is 0 Å². The van der Waals surface area contributed by atoms with Crippen molar-refractivity contribution in [3.05, 3.63) is 99.1 Å². The van der Waals surface area contributed by atoms with Crippen molar-refractivity contribution < 1.29 is 19.3 Å². The maximum Gasteiger partial charge on any atom is 0.354 e. The molecule has 1 aromatic heterocycles. The summed E-state index contributed by atoms with van der Waals surface area (Å²) in [5.74, 6) is 0.113. The third-order valence-corrected chi connectivity index (χ3v) is 10.8. The van der Waals surface area contributed by atoms with Gasteiger partial charge in [0.15, 0.2) is 17.8 Å². The molecule has 2 atom stereocenters. The van der Waals surface area contributed by atoms with Crippen LogP contribution in [0.2, 0.25) is 5.02 Å². The number of benzene rings is 3. The van der Waals surface area contributed by atoms with Crippen LogP contribution >= 0.6 is 39.3 Å². The molecule has 3 heterocycles. The Kier molecular flexibility index (Phi) is 9.17. The molecule has 0 spiro atoms. The molecular weight excluding hydrogens is 674 g/mol. The number of aryl methyl sites for hydroxylation is 1. The maximum absolute atomic E-state index is 14.3. The van der Waals surface area contributed by atoms with E-state index in [0.717, 1.165) is 37.0 Å². The molecule has 4 aromatic rings. The summed E-state index contributed by atoms with van der Waals surface area (Å²) < 4.78 is 1.86. The van der Waals surface area contributed by atoms with E-state index in [1.807, 2.05) is 72.0 Å². The molecule has 3 aromatic carbocycles. The summed E-state index contributed by atoms with van der Waals surface area (Å²) in [4.78, 5) is 34.8. The third kappa shape index (κ3) is 6.33. The number of piperazine rings is 1. The monoisotopic (exact) mass is 708 g/mol. The Hall–Kier alpha value is -3.47. The lowest BCUT2D eigenvalue weighted by Crippen LogP contribution is -2.53. The van der Waals surface area contributed by atoms with E-state index in [0.29, 0.717) is 44.3 Å². The fourth-order valence-corrected chi connectivity index (χ4v) is 8.27. The van der Waals surface area contributed by atoms with Crippen LogP contribution in [0.4, 0.5) is 4.79 Å². The number of amides is 3. The van der Waals surface area contributed by atoms with Gasteiger partial charge in [0.25, 0.3) is 0 Å². The maximum atomic E-state index is 14.3. The summed E-state index contributed by atoms with van der Waals surface area (Å²) in [5, 5.41) is 16.9. The zero-order valence-electron chi connectivity index (χ0n) is 25.2. The molecule has 0 bridgehead atoms. The van der Waals surface area contributed by atoms with Crippen LogP contribution in [0.25, 0.3) is 10.9 Å². The second-order valence-corrected chi connectivity index (χ2v) is 14.4. The highest BCUT2D eigenvalue weighted by Crippen LogP contribution is 2.54. The normalized spacial score (nSPS) is 20.2. The number of H-pyrrole nitrogens is 1. The molecule has 2 aliphatic rings. The molecule has 234 valence electrons. The van der Waals surface area contributed by atoms with Gasteiger partial charge in [-0.25, -0.2) is 4.79 Å². The van der Waals surface area contributed by atoms with Crippen LogP contribution in [0.5, 0.6) is 0 Å². The van der Waals surface area contributed by atoms with Gasteiger partial charge >= 0.3 is 11.9 Å². The molecule has 2 fully saturated rings. The number of aliphatic hydroxyl groups is 1. The fraction of sp³-hybridized carbons (Fsp3) is 0.324. The number of halogens is 2. The quantitative estimate of drug-likeness (QED) is 0.144. The first-order valence-electron chi connectivity index (χ1n) is 15.1. The number of aliphatic hydroxyl groups excluding tert-OH is 1. The number of aromatic nitrogens is 1. The van der Waals surface area contributed by atoms with Crippen molar-refractivity contribution in [3.8, 4) is 0 Å². The van der Waals surface area contributed by atoms with Crippen molar-refractivity contribution in [2.45, 2.75) is 42.5 Å². The van der Waals surface area contributed by atoms with Crippen molar-refractivity contribution in [2.75, 3.05) is 32.7 Å². The minimum Gasteiger partial charge on any atom is -0.462 e. The Bertz CT molecular complexity index is 1750. The van der Waals surface area contributed by atoms with Gasteiger partial charge in [0.2, 0.25) is 5.91 Å². The second-order valence-electron chi connectivity index (χ2n) is 11.6. The van der Waals surface area contributed by atoms with Gasteiger partial charge in [0, 0.05) is 50.1 Å². The van der Waals surface area contributed by atoms with Crippen molar-refractivity contribution in [1.29, 1.82) is 0 Å². The van der Waals surface area contributed by atoms with E-state index in [2.05, 4.69) is 50.5 Å². The number of fused-ring (bicyclic) bond motifs is 1. The number of aromatic amines is 1. The number of rotatable bonds is 7. The van der Waals surface area contributed by atoms with E-state index in [1.54, 1.807) is 4.90 Å². The predicted octanol–water partition coefficient (Wildman–Crippen LogP) is 6.91. The first-order chi connectivity index (χ1) is 21.7. The van der Waals surface area contributed by atoms with Crippen LogP contribution in [0, 0.1) is 6.92 Å². The van der Waals surface area contributed by atoms with Gasteiger partial charge in [0.05, 0.1) is 25.6 Å².